The zero-order chi connectivity index (χ0) is 17.3. The van der Waals surface area contributed by atoms with Crippen LogP contribution in [-0.4, -0.2) is 23.5 Å². The van der Waals surface area contributed by atoms with Crippen LogP contribution < -0.4 is 10.2 Å². The van der Waals surface area contributed by atoms with Gasteiger partial charge >= 0.3 is 6.18 Å². The quantitative estimate of drug-likeness (QED) is 0.906. The molecule has 0 saturated carbocycles. The zero-order valence-electron chi connectivity index (χ0n) is 12.3. The van der Waals surface area contributed by atoms with Crippen molar-refractivity contribution < 1.29 is 18.0 Å². The highest BCUT2D eigenvalue weighted by atomic mass is 35.5. The second-order valence-corrected chi connectivity index (χ2v) is 5.82. The third-order valence-corrected chi connectivity index (χ3v) is 3.97. The maximum absolute atomic E-state index is 12.5. The minimum atomic E-state index is -4.43. The molecule has 1 unspecified atom stereocenters. The minimum Gasteiger partial charge on any atom is -0.358 e. The van der Waals surface area contributed by atoms with Crippen LogP contribution in [0.2, 0.25) is 5.02 Å². The minimum absolute atomic E-state index is 0.168. The molecule has 1 saturated heterocycles. The molecule has 8 heteroatoms. The molecule has 4 nitrogen and oxygen atoms in total. The molecule has 2 aromatic rings. The van der Waals surface area contributed by atoms with Gasteiger partial charge in [-0.05, 0) is 36.8 Å². The lowest BCUT2D eigenvalue weighted by atomic mass is 10.2. The van der Waals surface area contributed by atoms with Gasteiger partial charge < -0.3 is 10.2 Å². The number of halogens is 4. The molecular formula is C16H13ClF3N3O. The van der Waals surface area contributed by atoms with Crippen LogP contribution in [0, 0.1) is 0 Å². The Hall–Kier alpha value is -2.28. The molecular weight excluding hydrogens is 343 g/mol. The van der Waals surface area contributed by atoms with Gasteiger partial charge in [-0.1, -0.05) is 17.7 Å². The molecule has 0 spiro atoms. The van der Waals surface area contributed by atoms with Gasteiger partial charge in [0.1, 0.15) is 11.9 Å². The van der Waals surface area contributed by atoms with Crippen molar-refractivity contribution in [3.63, 3.8) is 0 Å². The third kappa shape index (κ3) is 3.46. The van der Waals surface area contributed by atoms with Gasteiger partial charge in [0.25, 0.3) is 0 Å². The van der Waals surface area contributed by atoms with Crippen molar-refractivity contribution in [3.8, 4) is 0 Å². The fraction of sp³-hybridized carbons (Fsp3) is 0.250. The molecule has 1 amide bonds. The first kappa shape index (κ1) is 16.6. The number of alkyl halides is 3. The summed E-state index contributed by atoms with van der Waals surface area (Å²) in [4.78, 5) is 17.8. The number of hydrogen-bond acceptors (Lipinski definition) is 3. The van der Waals surface area contributed by atoms with E-state index in [1.54, 1.807) is 29.2 Å². The van der Waals surface area contributed by atoms with E-state index in [1.165, 1.54) is 6.07 Å². The number of anilines is 2. The zero-order valence-corrected chi connectivity index (χ0v) is 13.1. The summed E-state index contributed by atoms with van der Waals surface area (Å²) in [6, 6.07) is 8.56. The number of amides is 1. The first-order valence-electron chi connectivity index (χ1n) is 7.21. The Bertz CT molecular complexity index is 749. The third-order valence-electron chi connectivity index (χ3n) is 3.74. The van der Waals surface area contributed by atoms with Gasteiger partial charge in [0.2, 0.25) is 5.91 Å². The Morgan fingerprint density at radius 3 is 2.67 bits per heavy atom. The topological polar surface area (TPSA) is 45.2 Å². The van der Waals surface area contributed by atoms with Crippen molar-refractivity contribution in [1.29, 1.82) is 0 Å². The standard InChI is InChI=1S/C16H13ClF3N3O/c17-11-2-1-3-12(8-11)23-7-6-13(15(23)24)22-14-5-4-10(9-21-14)16(18,19)20/h1-5,8-9,13H,6-7H2,(H,21,22). The first-order valence-corrected chi connectivity index (χ1v) is 7.59. The van der Waals surface area contributed by atoms with E-state index in [1.807, 2.05) is 0 Å². The monoisotopic (exact) mass is 355 g/mol. The number of nitrogens with one attached hydrogen (secondary N) is 1. The number of aromatic nitrogens is 1. The predicted molar refractivity (Wildman–Crippen MR) is 85.1 cm³/mol. The van der Waals surface area contributed by atoms with Crippen molar-refractivity contribution >= 4 is 29.0 Å². The Morgan fingerprint density at radius 1 is 1.25 bits per heavy atom. The highest BCUT2D eigenvalue weighted by Gasteiger charge is 2.33. The summed E-state index contributed by atoms with van der Waals surface area (Å²) >= 11 is 5.93. The maximum atomic E-state index is 12.5. The van der Waals surface area contributed by atoms with Crippen molar-refractivity contribution in [2.24, 2.45) is 0 Å². The molecule has 126 valence electrons. The normalized spacial score (nSPS) is 18.1. The summed E-state index contributed by atoms with van der Waals surface area (Å²) in [6.07, 6.45) is -3.16. The number of carbonyl (C=O) groups is 1. The van der Waals surface area contributed by atoms with Gasteiger partial charge in [0, 0.05) is 23.5 Å². The van der Waals surface area contributed by atoms with Gasteiger partial charge in [-0.3, -0.25) is 4.79 Å². The molecule has 1 atom stereocenters. The van der Waals surface area contributed by atoms with E-state index in [4.69, 9.17) is 11.6 Å². The number of nitrogens with zero attached hydrogens (tertiary/aromatic N) is 2. The highest BCUT2D eigenvalue weighted by Crippen LogP contribution is 2.29. The molecule has 24 heavy (non-hydrogen) atoms. The summed E-state index contributed by atoms with van der Waals surface area (Å²) in [5.74, 6) is 0.0632. The van der Waals surface area contributed by atoms with Gasteiger partial charge in [0.05, 0.1) is 5.56 Å². The Morgan fingerprint density at radius 2 is 2.04 bits per heavy atom. The van der Waals surface area contributed by atoms with E-state index < -0.39 is 17.8 Å². The smallest absolute Gasteiger partial charge is 0.358 e. The van der Waals surface area contributed by atoms with Gasteiger partial charge in [-0.15, -0.1) is 0 Å². The molecule has 2 heterocycles. The summed E-state index contributed by atoms with van der Waals surface area (Å²) < 4.78 is 37.6. The molecule has 1 N–H and O–H groups in total. The van der Waals surface area contributed by atoms with E-state index in [0.29, 0.717) is 23.7 Å². The molecule has 1 aliphatic rings. The Kier molecular flexibility index (Phi) is 4.36. The second-order valence-electron chi connectivity index (χ2n) is 5.39. The first-order chi connectivity index (χ1) is 11.3. The van der Waals surface area contributed by atoms with Gasteiger partial charge in [0.15, 0.2) is 0 Å². The number of carbonyl (C=O) groups excluding carboxylic acids is 1. The van der Waals surface area contributed by atoms with Crippen molar-refractivity contribution in [2.45, 2.75) is 18.6 Å². The van der Waals surface area contributed by atoms with Crippen molar-refractivity contribution in [2.75, 3.05) is 16.8 Å². The highest BCUT2D eigenvalue weighted by molar-refractivity contribution is 6.31. The van der Waals surface area contributed by atoms with E-state index >= 15 is 0 Å². The van der Waals surface area contributed by atoms with Gasteiger partial charge in [-0.2, -0.15) is 13.2 Å². The van der Waals surface area contributed by atoms with Crippen LogP contribution in [0.1, 0.15) is 12.0 Å². The molecule has 1 aromatic heterocycles. The average molecular weight is 356 g/mol. The predicted octanol–water partition coefficient (Wildman–Crippen LogP) is 3.97. The average Bonchev–Trinajstić information content (AvgIpc) is 2.88. The summed E-state index contributed by atoms with van der Waals surface area (Å²) in [5, 5.41) is 3.41. The number of hydrogen-bond donors (Lipinski definition) is 1. The van der Waals surface area contributed by atoms with Crippen LogP contribution in [0.4, 0.5) is 24.7 Å². The number of benzene rings is 1. The summed E-state index contributed by atoms with van der Waals surface area (Å²) in [5.41, 5.74) is -0.136. The fourth-order valence-corrected chi connectivity index (χ4v) is 2.72. The second kappa shape index (κ2) is 6.32. The maximum Gasteiger partial charge on any atom is 0.417 e. The Labute approximate surface area is 141 Å². The Balaban J connectivity index is 1.70. The van der Waals surface area contributed by atoms with Crippen LogP contribution in [0.15, 0.2) is 42.6 Å². The van der Waals surface area contributed by atoms with Crippen molar-refractivity contribution in [1.82, 2.24) is 4.98 Å². The van der Waals surface area contributed by atoms with E-state index in [2.05, 4.69) is 10.3 Å². The van der Waals surface area contributed by atoms with Gasteiger partial charge in [-0.25, -0.2) is 4.98 Å². The largest absolute Gasteiger partial charge is 0.417 e. The van der Waals surface area contributed by atoms with Crippen LogP contribution in [0.3, 0.4) is 0 Å². The van der Waals surface area contributed by atoms with Crippen LogP contribution in [0.25, 0.3) is 0 Å². The molecule has 0 bridgehead atoms. The molecule has 3 rings (SSSR count). The molecule has 1 aliphatic heterocycles. The summed E-state index contributed by atoms with van der Waals surface area (Å²) in [6.45, 7) is 0.497. The lowest BCUT2D eigenvalue weighted by molar-refractivity contribution is -0.137. The van der Waals surface area contributed by atoms with Crippen molar-refractivity contribution in [3.05, 3.63) is 53.2 Å². The lowest BCUT2D eigenvalue weighted by Crippen LogP contribution is -2.33. The van der Waals surface area contributed by atoms with E-state index in [-0.39, 0.29) is 11.7 Å². The molecule has 1 fully saturated rings. The molecule has 0 aliphatic carbocycles. The SMILES string of the molecule is O=C1C(Nc2ccc(C(F)(F)F)cn2)CCN1c1cccc(Cl)c1. The lowest BCUT2D eigenvalue weighted by Gasteiger charge is -2.18. The number of pyridine rings is 1. The van der Waals surface area contributed by atoms with Crippen LogP contribution in [0.5, 0.6) is 0 Å². The van der Waals surface area contributed by atoms with E-state index in [0.717, 1.165) is 12.3 Å². The molecule has 0 radical (unpaired) electrons. The van der Waals surface area contributed by atoms with Crippen LogP contribution >= 0.6 is 11.6 Å². The van der Waals surface area contributed by atoms with E-state index in [9.17, 15) is 18.0 Å². The molecule has 1 aromatic carbocycles. The number of rotatable bonds is 3. The van der Waals surface area contributed by atoms with Crippen LogP contribution in [-0.2, 0) is 11.0 Å². The fourth-order valence-electron chi connectivity index (χ4n) is 2.54. The summed E-state index contributed by atoms with van der Waals surface area (Å²) in [7, 11) is 0.